The zero-order valence-electron chi connectivity index (χ0n) is 4.61. The average molecular weight is 95.2 g/mol. The molecule has 7 heavy (non-hydrogen) atoms. The fourth-order valence-corrected chi connectivity index (χ4v) is 1.03. The topological polar surface area (TPSA) is 0 Å². The van der Waals surface area contributed by atoms with Gasteiger partial charge in [-0.1, -0.05) is 18.9 Å². The summed E-state index contributed by atoms with van der Waals surface area (Å²) in [7, 11) is 0. The van der Waals surface area contributed by atoms with Crippen molar-refractivity contribution in [2.45, 2.75) is 25.7 Å². The Labute approximate surface area is 45.2 Å². The molecule has 0 heteroatoms. The van der Waals surface area contributed by atoms with E-state index < -0.39 is 0 Å². The minimum atomic E-state index is 1.31. The Hall–Kier alpha value is -0.260. The SMILES string of the molecule is C=C[C]1CCCC1. The third-order valence-electron chi connectivity index (χ3n) is 1.53. The summed E-state index contributed by atoms with van der Waals surface area (Å²) in [5, 5.41) is 0. The monoisotopic (exact) mass is 95.1 g/mol. The zero-order valence-corrected chi connectivity index (χ0v) is 4.61. The molecular formula is C7H11. The van der Waals surface area contributed by atoms with Crippen LogP contribution < -0.4 is 0 Å². The fourth-order valence-electron chi connectivity index (χ4n) is 1.03. The quantitative estimate of drug-likeness (QED) is 0.469. The van der Waals surface area contributed by atoms with E-state index in [2.05, 4.69) is 6.58 Å². The Bertz CT molecular complexity index is 58.4. The zero-order chi connectivity index (χ0) is 5.11. The standard InChI is InChI=1S/C7H11/c1-2-7-5-3-4-6-7/h2H,1,3-6H2. The molecule has 0 bridgehead atoms. The molecule has 0 N–H and O–H groups in total. The normalized spacial score (nSPS) is 22.9. The van der Waals surface area contributed by atoms with Crippen LogP contribution in [-0.4, -0.2) is 0 Å². The maximum absolute atomic E-state index is 3.71. The van der Waals surface area contributed by atoms with Crippen molar-refractivity contribution >= 4 is 0 Å². The minimum Gasteiger partial charge on any atom is -0.102 e. The van der Waals surface area contributed by atoms with E-state index in [1.165, 1.54) is 25.7 Å². The van der Waals surface area contributed by atoms with Crippen molar-refractivity contribution in [3.8, 4) is 0 Å². The molecular weight excluding hydrogens is 84.1 g/mol. The largest absolute Gasteiger partial charge is 0.102 e. The highest BCUT2D eigenvalue weighted by atomic mass is 14.1. The fraction of sp³-hybridized carbons (Fsp3) is 0.571. The highest BCUT2D eigenvalue weighted by molar-refractivity contribution is 5.08. The summed E-state index contributed by atoms with van der Waals surface area (Å²) in [5.74, 6) is 1.56. The Morgan fingerprint density at radius 2 is 1.86 bits per heavy atom. The summed E-state index contributed by atoms with van der Waals surface area (Å²) >= 11 is 0. The molecule has 0 aromatic carbocycles. The van der Waals surface area contributed by atoms with Gasteiger partial charge in [0, 0.05) is 0 Å². The maximum Gasteiger partial charge on any atom is -0.00301 e. The first-order valence-electron chi connectivity index (χ1n) is 2.90. The van der Waals surface area contributed by atoms with Crippen molar-refractivity contribution in [3.63, 3.8) is 0 Å². The minimum absolute atomic E-state index is 1.31. The second kappa shape index (κ2) is 2.15. The molecule has 1 rings (SSSR count). The van der Waals surface area contributed by atoms with Crippen LogP contribution >= 0.6 is 0 Å². The molecule has 1 radical (unpaired) electrons. The third-order valence-corrected chi connectivity index (χ3v) is 1.53. The van der Waals surface area contributed by atoms with Crippen molar-refractivity contribution in [3.05, 3.63) is 18.6 Å². The lowest BCUT2D eigenvalue weighted by Crippen LogP contribution is -1.78. The lowest BCUT2D eigenvalue weighted by Gasteiger charge is -1.93. The van der Waals surface area contributed by atoms with E-state index in [-0.39, 0.29) is 0 Å². The van der Waals surface area contributed by atoms with Gasteiger partial charge in [-0.25, -0.2) is 0 Å². The Morgan fingerprint density at radius 1 is 1.29 bits per heavy atom. The second-order valence-corrected chi connectivity index (χ2v) is 2.07. The van der Waals surface area contributed by atoms with Gasteiger partial charge in [-0.05, 0) is 18.8 Å². The molecule has 0 aromatic rings. The van der Waals surface area contributed by atoms with Crippen molar-refractivity contribution < 1.29 is 0 Å². The second-order valence-electron chi connectivity index (χ2n) is 2.07. The third kappa shape index (κ3) is 1.05. The van der Waals surface area contributed by atoms with Gasteiger partial charge in [0.05, 0.1) is 0 Å². The van der Waals surface area contributed by atoms with E-state index in [0.29, 0.717) is 0 Å². The van der Waals surface area contributed by atoms with Gasteiger partial charge in [-0.2, -0.15) is 0 Å². The molecule has 0 saturated heterocycles. The molecule has 0 aromatic heterocycles. The predicted molar refractivity (Wildman–Crippen MR) is 31.9 cm³/mol. The first kappa shape index (κ1) is 4.89. The lowest BCUT2D eigenvalue weighted by atomic mass is 10.1. The van der Waals surface area contributed by atoms with E-state index in [4.69, 9.17) is 0 Å². The van der Waals surface area contributed by atoms with Crippen LogP contribution in [0.5, 0.6) is 0 Å². The first-order chi connectivity index (χ1) is 3.43. The summed E-state index contributed by atoms with van der Waals surface area (Å²) in [4.78, 5) is 0. The van der Waals surface area contributed by atoms with Gasteiger partial charge >= 0.3 is 0 Å². The number of hydrogen-bond acceptors (Lipinski definition) is 0. The van der Waals surface area contributed by atoms with Crippen LogP contribution in [0.4, 0.5) is 0 Å². The number of rotatable bonds is 1. The van der Waals surface area contributed by atoms with E-state index in [1.807, 2.05) is 6.08 Å². The molecule has 0 amide bonds. The Balaban J connectivity index is 2.26. The maximum atomic E-state index is 3.71. The molecule has 1 aliphatic rings. The molecule has 0 aliphatic heterocycles. The van der Waals surface area contributed by atoms with Crippen LogP contribution in [-0.2, 0) is 0 Å². The Morgan fingerprint density at radius 3 is 2.14 bits per heavy atom. The highest BCUT2D eigenvalue weighted by Crippen LogP contribution is 2.26. The van der Waals surface area contributed by atoms with Crippen molar-refractivity contribution in [1.82, 2.24) is 0 Å². The van der Waals surface area contributed by atoms with E-state index in [9.17, 15) is 0 Å². The molecule has 1 fully saturated rings. The highest BCUT2D eigenvalue weighted by Gasteiger charge is 2.10. The molecule has 1 aliphatic carbocycles. The summed E-state index contributed by atoms with van der Waals surface area (Å²) in [6.07, 6.45) is 7.41. The van der Waals surface area contributed by atoms with Gasteiger partial charge in [0.2, 0.25) is 0 Å². The van der Waals surface area contributed by atoms with E-state index >= 15 is 0 Å². The molecule has 0 heterocycles. The van der Waals surface area contributed by atoms with Crippen LogP contribution in [0, 0.1) is 5.92 Å². The predicted octanol–water partition coefficient (Wildman–Crippen LogP) is 2.32. The smallest absolute Gasteiger partial charge is 0.00301 e. The van der Waals surface area contributed by atoms with Crippen molar-refractivity contribution in [2.24, 2.45) is 0 Å². The summed E-state index contributed by atoms with van der Waals surface area (Å²) < 4.78 is 0. The number of allylic oxidation sites excluding steroid dienone is 1. The molecule has 0 nitrogen and oxygen atoms in total. The molecule has 0 spiro atoms. The molecule has 0 unspecified atom stereocenters. The summed E-state index contributed by atoms with van der Waals surface area (Å²) in [6, 6.07) is 0. The average Bonchev–Trinajstić information content (AvgIpc) is 2.14. The summed E-state index contributed by atoms with van der Waals surface area (Å²) in [5.41, 5.74) is 0. The molecule has 1 saturated carbocycles. The first-order valence-corrected chi connectivity index (χ1v) is 2.90. The van der Waals surface area contributed by atoms with Crippen LogP contribution in [0.3, 0.4) is 0 Å². The van der Waals surface area contributed by atoms with Gasteiger partial charge < -0.3 is 0 Å². The van der Waals surface area contributed by atoms with Crippen molar-refractivity contribution in [1.29, 1.82) is 0 Å². The van der Waals surface area contributed by atoms with Gasteiger partial charge in [0.15, 0.2) is 0 Å². The molecule has 39 valence electrons. The van der Waals surface area contributed by atoms with Gasteiger partial charge in [0.1, 0.15) is 0 Å². The summed E-state index contributed by atoms with van der Waals surface area (Å²) in [6.45, 7) is 3.71. The van der Waals surface area contributed by atoms with Crippen LogP contribution in [0.25, 0.3) is 0 Å². The lowest BCUT2D eigenvalue weighted by molar-refractivity contribution is 0.886. The van der Waals surface area contributed by atoms with Gasteiger partial charge in [-0.3, -0.25) is 0 Å². The van der Waals surface area contributed by atoms with E-state index in [1.54, 1.807) is 5.92 Å². The van der Waals surface area contributed by atoms with E-state index in [0.717, 1.165) is 0 Å². The Kier molecular flexibility index (Phi) is 1.50. The van der Waals surface area contributed by atoms with Gasteiger partial charge in [-0.15, -0.1) is 6.58 Å². The van der Waals surface area contributed by atoms with Gasteiger partial charge in [0.25, 0.3) is 0 Å². The van der Waals surface area contributed by atoms with Crippen LogP contribution in [0.1, 0.15) is 25.7 Å². The van der Waals surface area contributed by atoms with Crippen LogP contribution in [0.2, 0.25) is 0 Å². The van der Waals surface area contributed by atoms with Crippen molar-refractivity contribution in [2.75, 3.05) is 0 Å². The van der Waals surface area contributed by atoms with Crippen LogP contribution in [0.15, 0.2) is 12.7 Å². The molecule has 0 atom stereocenters. The number of hydrogen-bond donors (Lipinski definition) is 0.